The average Bonchev–Trinajstić information content (AvgIpc) is 2.57. The Kier molecular flexibility index (Phi) is 5.46. The molecule has 0 unspecified atom stereocenters. The molecule has 1 N–H and O–H groups in total. The van der Waals surface area contributed by atoms with Gasteiger partial charge in [0.15, 0.2) is 0 Å². The second-order valence-corrected chi connectivity index (χ2v) is 7.91. The number of hydrogen-bond acceptors (Lipinski definition) is 3. The van der Waals surface area contributed by atoms with Crippen LogP contribution in [0.1, 0.15) is 18.4 Å². The van der Waals surface area contributed by atoms with Crippen LogP contribution < -0.4 is 4.72 Å². The van der Waals surface area contributed by atoms with Crippen LogP contribution >= 0.6 is 0 Å². The minimum Gasteiger partial charge on any atom is -0.299 e. The SMILES string of the molecule is O=S(=O)(NC1CCN(Cc2ccccc2)CC1)c1ccc(F)cc1F. The number of sulfonamides is 1. The number of benzene rings is 2. The third-order valence-corrected chi connectivity index (χ3v) is 5.90. The third kappa shape index (κ3) is 4.62. The van der Waals surface area contributed by atoms with Gasteiger partial charge in [-0.1, -0.05) is 30.3 Å². The van der Waals surface area contributed by atoms with Crippen molar-refractivity contribution in [2.45, 2.75) is 30.3 Å². The molecule has 7 heteroatoms. The highest BCUT2D eigenvalue weighted by Gasteiger charge is 2.26. The van der Waals surface area contributed by atoms with Gasteiger partial charge in [0.2, 0.25) is 10.0 Å². The number of nitrogens with one attached hydrogen (secondary N) is 1. The van der Waals surface area contributed by atoms with Crippen molar-refractivity contribution in [2.75, 3.05) is 13.1 Å². The molecule has 4 nitrogen and oxygen atoms in total. The van der Waals surface area contributed by atoms with Crippen molar-refractivity contribution in [2.24, 2.45) is 0 Å². The highest BCUT2D eigenvalue weighted by atomic mass is 32.2. The lowest BCUT2D eigenvalue weighted by molar-refractivity contribution is 0.200. The molecular weight excluding hydrogens is 346 g/mol. The van der Waals surface area contributed by atoms with Crippen LogP contribution in [0.15, 0.2) is 53.4 Å². The van der Waals surface area contributed by atoms with Crippen molar-refractivity contribution in [3.05, 3.63) is 65.7 Å². The Morgan fingerprint density at radius 1 is 1.04 bits per heavy atom. The number of halogens is 2. The van der Waals surface area contributed by atoms with Gasteiger partial charge in [-0.25, -0.2) is 21.9 Å². The fourth-order valence-corrected chi connectivity index (χ4v) is 4.39. The highest BCUT2D eigenvalue weighted by molar-refractivity contribution is 7.89. The van der Waals surface area contributed by atoms with Crippen LogP contribution in [0, 0.1) is 11.6 Å². The van der Waals surface area contributed by atoms with Crippen molar-refractivity contribution in [3.8, 4) is 0 Å². The predicted molar refractivity (Wildman–Crippen MR) is 91.4 cm³/mol. The van der Waals surface area contributed by atoms with Gasteiger partial charge in [0, 0.05) is 31.7 Å². The first-order valence-electron chi connectivity index (χ1n) is 8.18. The van der Waals surface area contributed by atoms with E-state index in [0.717, 1.165) is 31.8 Å². The van der Waals surface area contributed by atoms with E-state index in [-0.39, 0.29) is 6.04 Å². The maximum Gasteiger partial charge on any atom is 0.243 e. The molecule has 0 amide bonds. The lowest BCUT2D eigenvalue weighted by atomic mass is 10.1. The van der Waals surface area contributed by atoms with Crippen molar-refractivity contribution < 1.29 is 17.2 Å². The summed E-state index contributed by atoms with van der Waals surface area (Å²) in [4.78, 5) is 1.75. The predicted octanol–water partition coefficient (Wildman–Crippen LogP) is 2.91. The second kappa shape index (κ2) is 7.59. The van der Waals surface area contributed by atoms with E-state index >= 15 is 0 Å². The third-order valence-electron chi connectivity index (χ3n) is 4.34. The summed E-state index contributed by atoms with van der Waals surface area (Å²) in [6.45, 7) is 2.34. The first-order chi connectivity index (χ1) is 11.9. The Labute approximate surface area is 146 Å². The van der Waals surface area contributed by atoms with Gasteiger partial charge in [0.05, 0.1) is 0 Å². The van der Waals surface area contributed by atoms with E-state index in [2.05, 4.69) is 21.8 Å². The lowest BCUT2D eigenvalue weighted by Crippen LogP contribution is -2.44. The molecule has 134 valence electrons. The topological polar surface area (TPSA) is 49.4 Å². The lowest BCUT2D eigenvalue weighted by Gasteiger charge is -2.32. The molecule has 0 spiro atoms. The zero-order valence-corrected chi connectivity index (χ0v) is 14.5. The summed E-state index contributed by atoms with van der Waals surface area (Å²) in [5.41, 5.74) is 1.22. The van der Waals surface area contributed by atoms with Crippen LogP contribution in [-0.2, 0) is 16.6 Å². The average molecular weight is 366 g/mol. The molecule has 25 heavy (non-hydrogen) atoms. The van der Waals surface area contributed by atoms with Gasteiger partial charge in [-0.3, -0.25) is 4.90 Å². The molecule has 0 aliphatic carbocycles. The van der Waals surface area contributed by atoms with Crippen LogP contribution in [0.2, 0.25) is 0 Å². The first kappa shape index (κ1) is 18.0. The first-order valence-corrected chi connectivity index (χ1v) is 9.66. The van der Waals surface area contributed by atoms with Crippen LogP contribution in [-0.4, -0.2) is 32.4 Å². The Morgan fingerprint density at radius 3 is 2.36 bits per heavy atom. The van der Waals surface area contributed by atoms with Gasteiger partial charge in [-0.15, -0.1) is 0 Å². The van der Waals surface area contributed by atoms with Crippen molar-refractivity contribution >= 4 is 10.0 Å². The van der Waals surface area contributed by atoms with Crippen LogP contribution in [0.25, 0.3) is 0 Å². The Balaban J connectivity index is 1.58. The quantitative estimate of drug-likeness (QED) is 0.885. The Hall–Kier alpha value is -1.83. The standard InChI is InChI=1S/C18H20F2N2O2S/c19-15-6-7-18(17(20)12-15)25(23,24)21-16-8-10-22(11-9-16)13-14-4-2-1-3-5-14/h1-7,12,16,21H,8-11,13H2. The second-order valence-electron chi connectivity index (χ2n) is 6.23. The van der Waals surface area contributed by atoms with Gasteiger partial charge in [0.1, 0.15) is 16.5 Å². The molecule has 2 aromatic carbocycles. The van der Waals surface area contributed by atoms with Crippen molar-refractivity contribution in [1.82, 2.24) is 9.62 Å². The van der Waals surface area contributed by atoms with Crippen molar-refractivity contribution in [1.29, 1.82) is 0 Å². The minimum absolute atomic E-state index is 0.249. The Morgan fingerprint density at radius 2 is 1.72 bits per heavy atom. The van der Waals surface area contributed by atoms with E-state index in [1.165, 1.54) is 5.56 Å². The molecule has 1 saturated heterocycles. The van der Waals surface area contributed by atoms with Crippen LogP contribution in [0.3, 0.4) is 0 Å². The maximum atomic E-state index is 13.7. The summed E-state index contributed by atoms with van der Waals surface area (Å²) >= 11 is 0. The molecule has 0 radical (unpaired) electrons. The summed E-state index contributed by atoms with van der Waals surface area (Å²) < 4.78 is 53.9. The van der Waals surface area contributed by atoms with Gasteiger partial charge < -0.3 is 0 Å². The fraction of sp³-hybridized carbons (Fsp3) is 0.333. The smallest absolute Gasteiger partial charge is 0.243 e. The molecular formula is C18H20F2N2O2S. The number of likely N-dealkylation sites (tertiary alicyclic amines) is 1. The van der Waals surface area contributed by atoms with Gasteiger partial charge in [-0.2, -0.15) is 0 Å². The molecule has 3 rings (SSSR count). The van der Waals surface area contributed by atoms with E-state index in [1.807, 2.05) is 18.2 Å². The summed E-state index contributed by atoms with van der Waals surface area (Å²) in [6, 6.07) is 12.3. The molecule has 1 heterocycles. The largest absolute Gasteiger partial charge is 0.299 e. The summed E-state index contributed by atoms with van der Waals surface area (Å²) in [5, 5.41) is 0. The normalized spacial score (nSPS) is 16.9. The number of piperidine rings is 1. The van der Waals surface area contributed by atoms with Crippen molar-refractivity contribution in [3.63, 3.8) is 0 Å². The summed E-state index contributed by atoms with van der Waals surface area (Å²) in [6.07, 6.45) is 1.30. The number of nitrogens with zero attached hydrogens (tertiary/aromatic N) is 1. The zero-order chi connectivity index (χ0) is 17.9. The van der Waals surface area contributed by atoms with E-state index in [4.69, 9.17) is 0 Å². The molecule has 1 aliphatic heterocycles. The molecule has 2 aromatic rings. The molecule has 0 aromatic heterocycles. The molecule has 1 aliphatic rings. The number of rotatable bonds is 5. The Bertz CT molecular complexity index is 820. The van der Waals surface area contributed by atoms with Gasteiger partial charge >= 0.3 is 0 Å². The number of hydrogen-bond donors (Lipinski definition) is 1. The van der Waals surface area contributed by atoms with Gasteiger partial charge in [0.25, 0.3) is 0 Å². The van der Waals surface area contributed by atoms with Crippen LogP contribution in [0.5, 0.6) is 0 Å². The van der Waals surface area contributed by atoms with E-state index in [9.17, 15) is 17.2 Å². The summed E-state index contributed by atoms with van der Waals surface area (Å²) in [5.74, 6) is -1.88. The van der Waals surface area contributed by atoms with E-state index < -0.39 is 26.6 Å². The zero-order valence-electron chi connectivity index (χ0n) is 13.7. The van der Waals surface area contributed by atoms with E-state index in [1.54, 1.807) is 0 Å². The highest BCUT2D eigenvalue weighted by Crippen LogP contribution is 2.19. The molecule has 0 bridgehead atoms. The minimum atomic E-state index is -3.99. The molecule has 0 atom stereocenters. The monoisotopic (exact) mass is 366 g/mol. The van der Waals surface area contributed by atoms with E-state index in [0.29, 0.717) is 18.9 Å². The summed E-state index contributed by atoms with van der Waals surface area (Å²) in [7, 11) is -3.99. The fourth-order valence-electron chi connectivity index (χ4n) is 3.03. The molecule has 0 saturated carbocycles. The van der Waals surface area contributed by atoms with Crippen LogP contribution in [0.4, 0.5) is 8.78 Å². The molecule has 1 fully saturated rings. The van der Waals surface area contributed by atoms with Gasteiger partial charge in [-0.05, 0) is 30.5 Å². The maximum absolute atomic E-state index is 13.7.